The summed E-state index contributed by atoms with van der Waals surface area (Å²) in [6.45, 7) is 0.875. The number of nitrogens with zero attached hydrogens (tertiary/aromatic N) is 1. The molecule has 4 rings (SSSR count). The van der Waals surface area contributed by atoms with Gasteiger partial charge in [0.25, 0.3) is 0 Å². The minimum atomic E-state index is -3.79. The van der Waals surface area contributed by atoms with Crippen LogP contribution in [0.15, 0.2) is 83.8 Å². The third-order valence-electron chi connectivity index (χ3n) is 6.05. The Hall–Kier alpha value is -3.89. The highest BCUT2D eigenvalue weighted by molar-refractivity contribution is 7.89. The van der Waals surface area contributed by atoms with Crippen molar-refractivity contribution < 1.29 is 27.5 Å². The summed E-state index contributed by atoms with van der Waals surface area (Å²) in [5.74, 6) is -0.0159. The highest BCUT2D eigenvalue weighted by Crippen LogP contribution is 2.26. The zero-order chi connectivity index (χ0) is 26.3. The summed E-state index contributed by atoms with van der Waals surface area (Å²) in [7, 11) is -2.55. The molecule has 1 atom stereocenters. The van der Waals surface area contributed by atoms with Crippen LogP contribution in [0, 0.1) is 5.92 Å². The van der Waals surface area contributed by atoms with E-state index in [1.807, 2.05) is 30.3 Å². The summed E-state index contributed by atoms with van der Waals surface area (Å²) in [5.41, 5.74) is 2.09. The maximum Gasteiger partial charge on any atom is 0.411 e. The van der Waals surface area contributed by atoms with E-state index in [4.69, 9.17) is 4.74 Å². The minimum absolute atomic E-state index is 0.0919. The lowest BCUT2D eigenvalue weighted by atomic mass is 9.99. The van der Waals surface area contributed by atoms with Crippen molar-refractivity contribution in [2.75, 3.05) is 30.8 Å². The molecule has 1 heterocycles. The van der Waals surface area contributed by atoms with Crippen molar-refractivity contribution in [2.24, 2.45) is 5.92 Å². The summed E-state index contributed by atoms with van der Waals surface area (Å²) in [5, 5.41) is 5.37. The third kappa shape index (κ3) is 6.87. The Kier molecular flexibility index (Phi) is 8.42. The van der Waals surface area contributed by atoms with Gasteiger partial charge in [-0.2, -0.15) is 4.31 Å². The van der Waals surface area contributed by atoms with Gasteiger partial charge in [-0.25, -0.2) is 13.2 Å². The summed E-state index contributed by atoms with van der Waals surface area (Å²) in [6, 6.07) is 22.8. The second kappa shape index (κ2) is 11.9. The molecule has 2 amide bonds. The van der Waals surface area contributed by atoms with Crippen molar-refractivity contribution in [2.45, 2.75) is 24.3 Å². The Morgan fingerprint density at radius 2 is 1.57 bits per heavy atom. The van der Waals surface area contributed by atoms with Crippen molar-refractivity contribution in [3.05, 3.63) is 84.4 Å². The van der Waals surface area contributed by atoms with Crippen LogP contribution >= 0.6 is 0 Å². The average Bonchev–Trinajstić information content (AvgIpc) is 2.93. The van der Waals surface area contributed by atoms with Crippen molar-refractivity contribution in [3.63, 3.8) is 0 Å². The molecule has 37 heavy (non-hydrogen) atoms. The van der Waals surface area contributed by atoms with Crippen LogP contribution in [0.3, 0.4) is 0 Å². The van der Waals surface area contributed by atoms with E-state index in [1.54, 1.807) is 24.3 Å². The van der Waals surface area contributed by atoms with Crippen molar-refractivity contribution >= 4 is 33.4 Å². The van der Waals surface area contributed by atoms with E-state index in [2.05, 4.69) is 15.4 Å². The number of sulfonamides is 1. The Labute approximate surface area is 216 Å². The van der Waals surface area contributed by atoms with Crippen LogP contribution in [0.2, 0.25) is 0 Å². The molecule has 3 aromatic carbocycles. The van der Waals surface area contributed by atoms with Gasteiger partial charge in [-0.3, -0.25) is 10.1 Å². The maximum atomic E-state index is 13.2. The van der Waals surface area contributed by atoms with Gasteiger partial charge in [0, 0.05) is 24.5 Å². The molecule has 0 aromatic heterocycles. The van der Waals surface area contributed by atoms with Crippen molar-refractivity contribution in [1.29, 1.82) is 0 Å². The van der Waals surface area contributed by atoms with Gasteiger partial charge in [-0.1, -0.05) is 30.3 Å². The predicted octanol–water partition coefficient (Wildman–Crippen LogP) is 4.48. The lowest BCUT2D eigenvalue weighted by molar-refractivity contribution is -0.120. The molecule has 2 N–H and O–H groups in total. The van der Waals surface area contributed by atoms with Gasteiger partial charge < -0.3 is 14.8 Å². The fourth-order valence-corrected chi connectivity index (χ4v) is 5.55. The number of hydrogen-bond donors (Lipinski definition) is 2. The average molecular weight is 524 g/mol. The first kappa shape index (κ1) is 26.2. The van der Waals surface area contributed by atoms with Crippen LogP contribution in [-0.4, -0.2) is 44.9 Å². The second-order valence-electron chi connectivity index (χ2n) is 8.63. The molecule has 1 fully saturated rings. The van der Waals surface area contributed by atoms with Crippen LogP contribution in [0.5, 0.6) is 5.75 Å². The third-order valence-corrected chi connectivity index (χ3v) is 7.93. The monoisotopic (exact) mass is 523 g/mol. The summed E-state index contributed by atoms with van der Waals surface area (Å²) in [4.78, 5) is 24.4. The van der Waals surface area contributed by atoms with E-state index in [0.717, 1.165) is 5.56 Å². The molecule has 0 bridgehead atoms. The summed E-state index contributed by atoms with van der Waals surface area (Å²) < 4.78 is 38.0. The molecule has 0 spiro atoms. The van der Waals surface area contributed by atoms with Gasteiger partial charge in [0.15, 0.2) is 0 Å². The molecular weight excluding hydrogens is 494 g/mol. The fraction of sp³-hybridized carbons (Fsp3) is 0.259. The first-order valence-corrected chi connectivity index (χ1v) is 13.3. The van der Waals surface area contributed by atoms with Crippen molar-refractivity contribution in [1.82, 2.24) is 4.31 Å². The van der Waals surface area contributed by atoms with Gasteiger partial charge >= 0.3 is 6.09 Å². The molecule has 1 aliphatic rings. The van der Waals surface area contributed by atoms with E-state index in [-0.39, 0.29) is 17.3 Å². The zero-order valence-electron chi connectivity index (χ0n) is 20.4. The molecule has 0 aliphatic carbocycles. The Balaban J connectivity index is 1.33. The first-order valence-electron chi connectivity index (χ1n) is 11.9. The largest absolute Gasteiger partial charge is 0.489 e. The molecule has 10 heteroatoms. The van der Waals surface area contributed by atoms with E-state index in [0.29, 0.717) is 43.1 Å². The topological polar surface area (TPSA) is 114 Å². The Morgan fingerprint density at radius 3 is 2.24 bits per heavy atom. The number of anilines is 2. The van der Waals surface area contributed by atoms with Gasteiger partial charge in [0.1, 0.15) is 12.4 Å². The highest BCUT2D eigenvalue weighted by Gasteiger charge is 2.33. The number of amides is 2. The zero-order valence-corrected chi connectivity index (χ0v) is 21.2. The lowest BCUT2D eigenvalue weighted by Gasteiger charge is -2.31. The lowest BCUT2D eigenvalue weighted by Crippen LogP contribution is -2.43. The predicted molar refractivity (Wildman–Crippen MR) is 140 cm³/mol. The molecule has 9 nitrogen and oxygen atoms in total. The molecule has 194 valence electrons. The number of hydrogen-bond acceptors (Lipinski definition) is 6. The maximum absolute atomic E-state index is 13.2. The molecule has 1 saturated heterocycles. The van der Waals surface area contributed by atoms with Crippen LogP contribution in [0.25, 0.3) is 0 Å². The highest BCUT2D eigenvalue weighted by atomic mass is 32.2. The molecule has 0 saturated carbocycles. The number of nitrogens with one attached hydrogen (secondary N) is 2. The van der Waals surface area contributed by atoms with Crippen molar-refractivity contribution in [3.8, 4) is 5.75 Å². The van der Waals surface area contributed by atoms with Crippen LogP contribution < -0.4 is 15.4 Å². The SMILES string of the molecule is COC(=O)Nc1ccc(S(=O)(=O)N2CCCC(C(=O)Nc3ccc(OCc4ccccc4)cc3)C2)cc1. The molecule has 0 radical (unpaired) electrons. The Bertz CT molecular complexity index is 1310. The van der Waals surface area contributed by atoms with Gasteiger partial charge in [0.05, 0.1) is 17.9 Å². The number of rotatable bonds is 8. The number of carbonyl (C=O) groups excluding carboxylic acids is 2. The summed E-state index contributed by atoms with van der Waals surface area (Å²) >= 11 is 0. The number of piperidine rings is 1. The van der Waals surface area contributed by atoms with E-state index < -0.39 is 22.0 Å². The quantitative estimate of drug-likeness (QED) is 0.450. The van der Waals surface area contributed by atoms with E-state index in [9.17, 15) is 18.0 Å². The number of ether oxygens (including phenoxy) is 2. The van der Waals surface area contributed by atoms with Crippen LogP contribution in [0.1, 0.15) is 18.4 Å². The smallest absolute Gasteiger partial charge is 0.411 e. The molecule has 1 unspecified atom stereocenters. The van der Waals surface area contributed by atoms with Crippen LogP contribution in [-0.2, 0) is 26.2 Å². The number of methoxy groups -OCH3 is 1. The van der Waals surface area contributed by atoms with Gasteiger partial charge in [-0.15, -0.1) is 0 Å². The standard InChI is InChI=1S/C27H29N3O6S/c1-35-27(32)29-23-11-15-25(16-12-23)37(33,34)30-17-5-8-21(18-30)26(31)28-22-9-13-24(14-10-22)36-19-20-6-3-2-4-7-20/h2-4,6-7,9-16,21H,5,8,17-19H2,1H3,(H,28,31)(H,29,32). The summed E-state index contributed by atoms with van der Waals surface area (Å²) in [6.07, 6.45) is 0.527. The van der Waals surface area contributed by atoms with Crippen LogP contribution in [0.4, 0.5) is 16.2 Å². The second-order valence-corrected chi connectivity index (χ2v) is 10.6. The van der Waals surface area contributed by atoms with E-state index in [1.165, 1.54) is 35.7 Å². The molecule has 3 aromatic rings. The first-order chi connectivity index (χ1) is 17.8. The molecule has 1 aliphatic heterocycles. The fourth-order valence-electron chi connectivity index (χ4n) is 4.02. The van der Waals surface area contributed by atoms with E-state index >= 15 is 0 Å². The molecular formula is C27H29N3O6S. The number of benzene rings is 3. The Morgan fingerprint density at radius 1 is 0.919 bits per heavy atom. The minimum Gasteiger partial charge on any atom is -0.489 e. The number of carbonyl (C=O) groups is 2. The van der Waals surface area contributed by atoms with Gasteiger partial charge in [-0.05, 0) is 66.9 Å². The van der Waals surface area contributed by atoms with Gasteiger partial charge in [0.2, 0.25) is 15.9 Å². The normalized spacial score (nSPS) is 16.0.